The number of allylic oxidation sites excluding steroid dienone is 1. The summed E-state index contributed by atoms with van der Waals surface area (Å²) < 4.78 is 15.8. The fourth-order valence-corrected chi connectivity index (χ4v) is 2.29. The Morgan fingerprint density at radius 3 is 2.68 bits per heavy atom. The van der Waals surface area contributed by atoms with Crippen LogP contribution < -0.4 is 0 Å². The summed E-state index contributed by atoms with van der Waals surface area (Å²) in [5.74, 6) is 0.861. The lowest BCUT2D eigenvalue weighted by Crippen LogP contribution is -2.34. The fourth-order valence-electron chi connectivity index (χ4n) is 2.29. The van der Waals surface area contributed by atoms with Gasteiger partial charge in [0.1, 0.15) is 6.10 Å². The molecule has 1 unspecified atom stereocenters. The number of carbonyl (C=O) groups excluding carboxylic acids is 1. The molecule has 1 fully saturated rings. The lowest BCUT2D eigenvalue weighted by Gasteiger charge is -2.30. The number of hydrogen-bond donors (Lipinski definition) is 0. The summed E-state index contributed by atoms with van der Waals surface area (Å²) in [6, 6.07) is 0. The maximum absolute atomic E-state index is 10.2. The number of hydrogen-bond acceptors (Lipinski definition) is 5. The van der Waals surface area contributed by atoms with Crippen LogP contribution in [0.1, 0.15) is 19.3 Å². The van der Waals surface area contributed by atoms with Crippen LogP contribution in [-0.2, 0) is 19.0 Å². The van der Waals surface area contributed by atoms with Crippen molar-refractivity contribution in [1.29, 1.82) is 0 Å². The zero-order valence-electron chi connectivity index (χ0n) is 12.0. The molecule has 1 aliphatic heterocycles. The first-order chi connectivity index (χ1) is 9.15. The Balaban J connectivity index is 2.28. The van der Waals surface area contributed by atoms with E-state index in [0.717, 1.165) is 31.7 Å². The van der Waals surface area contributed by atoms with Crippen molar-refractivity contribution >= 4 is 6.47 Å². The molecule has 0 aromatic carbocycles. The Kier molecular flexibility index (Phi) is 7.52. The molecule has 1 atom stereocenters. The highest BCUT2D eigenvalue weighted by Crippen LogP contribution is 2.19. The van der Waals surface area contributed by atoms with Crippen molar-refractivity contribution in [1.82, 2.24) is 4.90 Å². The van der Waals surface area contributed by atoms with E-state index in [4.69, 9.17) is 14.2 Å². The van der Waals surface area contributed by atoms with Crippen LogP contribution in [0.5, 0.6) is 0 Å². The number of likely N-dealkylation sites (tertiary alicyclic amines) is 1. The molecule has 0 bridgehead atoms. The Hall–Kier alpha value is -1.07. The molecule has 0 N–H and O–H groups in total. The van der Waals surface area contributed by atoms with Gasteiger partial charge in [-0.1, -0.05) is 6.58 Å². The molecule has 5 nitrogen and oxygen atoms in total. The molecule has 19 heavy (non-hydrogen) atoms. The molecule has 0 amide bonds. The van der Waals surface area contributed by atoms with Gasteiger partial charge < -0.3 is 19.1 Å². The van der Waals surface area contributed by atoms with Crippen LogP contribution in [0.2, 0.25) is 0 Å². The molecular weight excluding hydrogens is 246 g/mol. The topological polar surface area (TPSA) is 48.0 Å². The number of carbonyl (C=O) groups is 1. The van der Waals surface area contributed by atoms with Crippen molar-refractivity contribution in [2.45, 2.75) is 25.4 Å². The maximum Gasteiger partial charge on any atom is 0.293 e. The van der Waals surface area contributed by atoms with Gasteiger partial charge in [0, 0.05) is 32.5 Å². The summed E-state index contributed by atoms with van der Waals surface area (Å²) in [6.07, 6.45) is 3.00. The number of methoxy groups -OCH3 is 1. The number of rotatable bonds is 9. The highest BCUT2D eigenvalue weighted by Gasteiger charge is 2.20. The zero-order valence-corrected chi connectivity index (χ0v) is 12.0. The molecule has 0 radical (unpaired) electrons. The summed E-state index contributed by atoms with van der Waals surface area (Å²) in [5, 5.41) is 0. The molecule has 1 saturated heterocycles. The van der Waals surface area contributed by atoms with E-state index in [1.165, 1.54) is 0 Å². The number of ether oxygens (including phenoxy) is 3. The molecule has 0 aromatic heterocycles. The standard InChI is InChI=1S/C14H25NO4/c1-12(8-13(9-17-3)10-18-11-16)19-14-4-6-15(2)7-5-14/h11,13-14H,1,4-10H2,2-3H3. The van der Waals surface area contributed by atoms with Crippen molar-refractivity contribution in [2.24, 2.45) is 5.92 Å². The molecule has 1 rings (SSSR count). The van der Waals surface area contributed by atoms with Crippen LogP contribution in [0.25, 0.3) is 0 Å². The van der Waals surface area contributed by atoms with Crippen LogP contribution in [-0.4, -0.2) is 57.9 Å². The third kappa shape index (κ3) is 6.59. The van der Waals surface area contributed by atoms with Crippen molar-refractivity contribution in [3.05, 3.63) is 12.3 Å². The SMILES string of the molecule is C=C(CC(COC)COC=O)OC1CCN(C)CC1. The lowest BCUT2D eigenvalue weighted by molar-refractivity contribution is -0.130. The molecule has 0 aliphatic carbocycles. The summed E-state index contributed by atoms with van der Waals surface area (Å²) in [5.41, 5.74) is 0. The molecule has 1 aliphatic rings. The molecular formula is C14H25NO4. The van der Waals surface area contributed by atoms with E-state index >= 15 is 0 Å². The monoisotopic (exact) mass is 271 g/mol. The van der Waals surface area contributed by atoms with E-state index < -0.39 is 0 Å². The minimum atomic E-state index is 0.106. The third-order valence-corrected chi connectivity index (χ3v) is 3.32. The van der Waals surface area contributed by atoms with Gasteiger partial charge in [-0.3, -0.25) is 4.79 Å². The van der Waals surface area contributed by atoms with E-state index in [1.807, 2.05) is 0 Å². The van der Waals surface area contributed by atoms with Gasteiger partial charge in [0.05, 0.1) is 19.0 Å². The van der Waals surface area contributed by atoms with Gasteiger partial charge in [-0.2, -0.15) is 0 Å². The quantitative estimate of drug-likeness (QED) is 0.469. The maximum atomic E-state index is 10.2. The van der Waals surface area contributed by atoms with E-state index in [-0.39, 0.29) is 12.0 Å². The molecule has 1 heterocycles. The van der Waals surface area contributed by atoms with Crippen LogP contribution in [0.4, 0.5) is 0 Å². The van der Waals surface area contributed by atoms with E-state index in [9.17, 15) is 4.79 Å². The number of nitrogens with zero attached hydrogens (tertiary/aromatic N) is 1. The zero-order chi connectivity index (χ0) is 14.1. The number of piperidine rings is 1. The Morgan fingerprint density at radius 1 is 1.42 bits per heavy atom. The smallest absolute Gasteiger partial charge is 0.293 e. The normalized spacial score (nSPS) is 18.8. The fraction of sp³-hybridized carbons (Fsp3) is 0.786. The third-order valence-electron chi connectivity index (χ3n) is 3.32. The van der Waals surface area contributed by atoms with Gasteiger partial charge in [0.15, 0.2) is 0 Å². The second kappa shape index (κ2) is 8.93. The van der Waals surface area contributed by atoms with Crippen molar-refractivity contribution in [3.63, 3.8) is 0 Å². The predicted molar refractivity (Wildman–Crippen MR) is 72.7 cm³/mol. The van der Waals surface area contributed by atoms with Gasteiger partial charge >= 0.3 is 0 Å². The summed E-state index contributed by atoms with van der Waals surface area (Å²) in [4.78, 5) is 12.5. The van der Waals surface area contributed by atoms with E-state index in [0.29, 0.717) is 26.1 Å². The van der Waals surface area contributed by atoms with Crippen molar-refractivity contribution in [3.8, 4) is 0 Å². The molecule has 0 aromatic rings. The van der Waals surface area contributed by atoms with Gasteiger partial charge in [-0.05, 0) is 19.9 Å². The van der Waals surface area contributed by atoms with Crippen LogP contribution >= 0.6 is 0 Å². The van der Waals surface area contributed by atoms with Crippen molar-refractivity contribution < 1.29 is 19.0 Å². The van der Waals surface area contributed by atoms with Crippen LogP contribution in [0.15, 0.2) is 12.3 Å². The summed E-state index contributed by atoms with van der Waals surface area (Å²) in [6.45, 7) is 7.42. The first-order valence-electron chi connectivity index (χ1n) is 6.72. The predicted octanol–water partition coefficient (Wildman–Crippen LogP) is 1.44. The summed E-state index contributed by atoms with van der Waals surface area (Å²) >= 11 is 0. The Bertz CT molecular complexity index is 275. The minimum Gasteiger partial charge on any atom is -0.495 e. The first-order valence-corrected chi connectivity index (χ1v) is 6.72. The average molecular weight is 271 g/mol. The van der Waals surface area contributed by atoms with Gasteiger partial charge in [0.25, 0.3) is 6.47 Å². The van der Waals surface area contributed by atoms with Gasteiger partial charge in [-0.25, -0.2) is 0 Å². The molecule has 0 saturated carbocycles. The second-order valence-corrected chi connectivity index (χ2v) is 5.11. The Labute approximate surface area is 115 Å². The molecule has 0 spiro atoms. The molecule has 110 valence electrons. The van der Waals surface area contributed by atoms with Crippen LogP contribution in [0, 0.1) is 5.92 Å². The molecule has 5 heteroatoms. The highest BCUT2D eigenvalue weighted by molar-refractivity contribution is 5.36. The van der Waals surface area contributed by atoms with Gasteiger partial charge in [-0.15, -0.1) is 0 Å². The lowest BCUT2D eigenvalue weighted by atomic mass is 10.1. The van der Waals surface area contributed by atoms with E-state index in [2.05, 4.69) is 18.5 Å². The second-order valence-electron chi connectivity index (χ2n) is 5.11. The Morgan fingerprint density at radius 2 is 2.11 bits per heavy atom. The van der Waals surface area contributed by atoms with Crippen molar-refractivity contribution in [2.75, 3.05) is 40.5 Å². The highest BCUT2D eigenvalue weighted by atomic mass is 16.5. The van der Waals surface area contributed by atoms with Crippen LogP contribution in [0.3, 0.4) is 0 Å². The first kappa shape index (κ1) is 16.0. The average Bonchev–Trinajstić information content (AvgIpc) is 2.39. The van der Waals surface area contributed by atoms with Gasteiger partial charge in [0.2, 0.25) is 0 Å². The minimum absolute atomic E-state index is 0.106. The largest absolute Gasteiger partial charge is 0.495 e. The summed E-state index contributed by atoms with van der Waals surface area (Å²) in [7, 11) is 3.75. The van der Waals surface area contributed by atoms with E-state index in [1.54, 1.807) is 7.11 Å².